The van der Waals surface area contributed by atoms with Gasteiger partial charge in [-0.05, 0) is 225 Å². The molecule has 3 aliphatic carbocycles. The van der Waals surface area contributed by atoms with Gasteiger partial charge in [0.15, 0.2) is 17.5 Å². The molecule has 0 amide bonds. The van der Waals surface area contributed by atoms with Gasteiger partial charge in [-0.2, -0.15) is 15.0 Å². The lowest BCUT2D eigenvalue weighted by Crippen LogP contribution is -2.56. The summed E-state index contributed by atoms with van der Waals surface area (Å²) in [4.78, 5) is 68.0. The van der Waals surface area contributed by atoms with Crippen molar-refractivity contribution in [3.63, 3.8) is 0 Å². The lowest BCUT2D eigenvalue weighted by Gasteiger charge is -2.41. The third kappa shape index (κ3) is 28.3. The van der Waals surface area contributed by atoms with Crippen molar-refractivity contribution in [1.29, 1.82) is 0 Å². The topological polar surface area (TPSA) is 345 Å². The number of hydrogen-bond donors (Lipinski definition) is 6. The van der Waals surface area contributed by atoms with Gasteiger partial charge >= 0.3 is 11.9 Å². The highest BCUT2D eigenvalue weighted by Gasteiger charge is 2.39. The number of aryl methyl sites for hydroxylation is 4. The zero-order chi connectivity index (χ0) is 100. The van der Waals surface area contributed by atoms with Gasteiger partial charge in [-0.1, -0.05) is 148 Å². The first kappa shape index (κ1) is 107. The minimum atomic E-state index is -0.480. The van der Waals surface area contributed by atoms with Gasteiger partial charge in [0, 0.05) is 178 Å². The maximum Gasteiger partial charge on any atom is 0.341 e. The molecule has 35 heteroatoms. The smallest absolute Gasteiger partial charge is 0.341 e. The molecule has 8 aliphatic rings. The monoisotopic (exact) mass is 2050 g/mol. The zero-order valence-electron chi connectivity index (χ0n) is 84.7. The van der Waals surface area contributed by atoms with Gasteiger partial charge in [0.1, 0.15) is 34.7 Å². The summed E-state index contributed by atoms with van der Waals surface area (Å²) < 4.78 is 58.7. The lowest BCUT2D eigenvalue weighted by atomic mass is 9.92. The van der Waals surface area contributed by atoms with E-state index in [0.29, 0.717) is 141 Å². The fraction of sp³-hybridized carbons (Fsp3) is 0.570. The van der Waals surface area contributed by atoms with Crippen LogP contribution in [0.15, 0.2) is 121 Å². The minimum Gasteiger partial charge on any atom is -0.465 e. The number of benzene rings is 4. The average Bonchev–Trinajstić information content (AvgIpc) is 1.36. The molecular formula is C107H144BrCl2FN20O11. The number of aliphatic hydroxyl groups excluding tert-OH is 1. The molecule has 3 saturated carbocycles. The van der Waals surface area contributed by atoms with Crippen molar-refractivity contribution >= 4 is 113 Å². The number of piperidine rings is 5. The molecule has 31 nitrogen and oxygen atoms in total. The quantitative estimate of drug-likeness (QED) is 0.0274. The number of hydrogen-bond acceptors (Lipinski definition) is 31. The Morgan fingerprint density at radius 3 is 1.32 bits per heavy atom. The SMILES string of the molecule is CCOC(=O)c1cc(Br)cnc1N1CC[C@H](NC2CCCCC2)[C@@H](O)C1.COC(=O)c1cc(C)ccc1N1CCC(NC2CCCCC2)C(OC)C1.CO[C@H]1CN(c2nc3cc(Cl)ccc3cc2-c2nc(C)no2)CC[C@H]1NC1CCCCC1.CO[C@H]1CN(c2nc3cc(F)ccc3cc2-c2nc(C)no2)CC[C@H]1NCC(C)C.Cc1noc(-c2cc3ccc(Cl)cc3nc2N2CCC(NCC(C)C)CC2)n1. The third-order valence-electron chi connectivity index (χ3n) is 28.4. The number of fused-ring (bicyclic) bond motifs is 3. The first-order valence-corrected chi connectivity index (χ1v) is 52.8. The van der Waals surface area contributed by atoms with Crippen molar-refractivity contribution in [2.24, 2.45) is 11.8 Å². The second-order valence-electron chi connectivity index (χ2n) is 39.9. The largest absolute Gasteiger partial charge is 0.465 e. The number of aromatic nitrogens is 10. The van der Waals surface area contributed by atoms with E-state index in [2.05, 4.69) is 143 Å². The first-order valence-electron chi connectivity index (χ1n) is 51.3. The van der Waals surface area contributed by atoms with Crippen molar-refractivity contribution in [2.45, 2.75) is 270 Å². The van der Waals surface area contributed by atoms with E-state index in [1.165, 1.54) is 116 Å². The third-order valence-corrected chi connectivity index (χ3v) is 29.3. The highest BCUT2D eigenvalue weighted by molar-refractivity contribution is 9.10. The van der Waals surface area contributed by atoms with E-state index in [4.69, 9.17) is 75.4 Å². The predicted octanol–water partition coefficient (Wildman–Crippen LogP) is 19.0. The Morgan fingerprint density at radius 2 is 0.866 bits per heavy atom. The number of anilines is 5. The Morgan fingerprint density at radius 1 is 0.451 bits per heavy atom. The molecular weight excluding hydrogens is 1910 g/mol. The molecule has 5 saturated heterocycles. The maximum atomic E-state index is 13.8. The van der Waals surface area contributed by atoms with Crippen LogP contribution < -0.4 is 51.1 Å². The number of ether oxygens (including phenoxy) is 5. The molecule has 4 aromatic carbocycles. The lowest BCUT2D eigenvalue weighted by molar-refractivity contribution is 0.0523. The van der Waals surface area contributed by atoms with E-state index < -0.39 is 6.10 Å². The molecule has 7 aromatic heterocycles. The van der Waals surface area contributed by atoms with Gasteiger partial charge in [-0.3, -0.25) is 0 Å². The number of pyridine rings is 4. The van der Waals surface area contributed by atoms with Crippen LogP contribution in [0.25, 0.3) is 67.1 Å². The number of nitrogens with one attached hydrogen (secondary N) is 5. The van der Waals surface area contributed by atoms with Crippen LogP contribution in [0.4, 0.5) is 33.3 Å². The summed E-state index contributed by atoms with van der Waals surface area (Å²) in [5.74, 6) is 6.47. The van der Waals surface area contributed by atoms with E-state index in [-0.39, 0.29) is 48.2 Å². The van der Waals surface area contributed by atoms with E-state index in [0.717, 1.165) is 175 Å². The van der Waals surface area contributed by atoms with Crippen LogP contribution in [-0.2, 0) is 23.7 Å². The molecule has 0 radical (unpaired) electrons. The first-order chi connectivity index (χ1) is 68.7. The van der Waals surface area contributed by atoms with Crippen molar-refractivity contribution in [1.82, 2.24) is 76.9 Å². The number of aliphatic hydroxyl groups is 1. The van der Waals surface area contributed by atoms with E-state index in [1.54, 1.807) is 53.5 Å². The van der Waals surface area contributed by atoms with Crippen LogP contribution in [0.2, 0.25) is 10.0 Å². The Bertz CT molecular complexity index is 5930. The van der Waals surface area contributed by atoms with E-state index >= 15 is 0 Å². The maximum absolute atomic E-state index is 13.8. The van der Waals surface area contributed by atoms with Crippen LogP contribution in [-0.4, -0.2) is 254 Å². The van der Waals surface area contributed by atoms with Gasteiger partial charge in [0.2, 0.25) is 0 Å². The van der Waals surface area contributed by atoms with Crippen molar-refractivity contribution in [2.75, 3.05) is 138 Å². The van der Waals surface area contributed by atoms with Crippen molar-refractivity contribution in [3.8, 4) is 34.4 Å². The van der Waals surface area contributed by atoms with Gasteiger partial charge in [-0.15, -0.1) is 0 Å². The number of methoxy groups -OCH3 is 4. The van der Waals surface area contributed by atoms with Crippen LogP contribution in [0.1, 0.15) is 213 Å². The van der Waals surface area contributed by atoms with E-state index in [1.807, 2.05) is 80.3 Å². The molecule has 0 spiro atoms. The molecule has 11 aromatic rings. The summed E-state index contributed by atoms with van der Waals surface area (Å²) in [6, 6.07) is 33.3. The summed E-state index contributed by atoms with van der Waals surface area (Å²) in [7, 11) is 6.77. The summed E-state index contributed by atoms with van der Waals surface area (Å²) in [6.07, 6.45) is 26.8. The molecule has 0 bridgehead atoms. The fourth-order valence-electron chi connectivity index (χ4n) is 20.9. The van der Waals surface area contributed by atoms with Gasteiger partial charge in [0.05, 0.1) is 82.6 Å². The average molecular weight is 2060 g/mol. The minimum absolute atomic E-state index is 0.0137. The summed E-state index contributed by atoms with van der Waals surface area (Å²) in [5.41, 5.74) is 7.88. The Balaban J connectivity index is 0.000000134. The Kier molecular flexibility index (Phi) is 38.5. The molecule has 5 aliphatic heterocycles. The highest BCUT2D eigenvalue weighted by atomic mass is 79.9. The van der Waals surface area contributed by atoms with Crippen LogP contribution in [0.5, 0.6) is 0 Å². The summed E-state index contributed by atoms with van der Waals surface area (Å²) in [6.45, 7) is 28.3. The molecule has 19 rings (SSSR count). The molecule has 2 unspecified atom stereocenters. The number of nitrogens with zero attached hydrogens (tertiary/aromatic N) is 15. The second kappa shape index (κ2) is 51.3. The van der Waals surface area contributed by atoms with Gasteiger partial charge < -0.3 is 93.4 Å². The standard InChI is InChI=1S/C24H30ClN5O2.C22H28FN5O2.C21H26ClN5O.C21H32N2O3.C19H28BrN3O3/c1-15-26-24(32-29-15)19-12-16-8-9-17(25)13-21(16)28-23(19)30-11-10-20(22(14-30)31-2)27-18-6-4-3-5-7-18;1-13(2)11-24-18-7-8-28(12-20(18)29-4)21-17(22-25-14(3)27-30-22)9-15-5-6-16(23)10-19(15)26-21;1-13(2)12-23-17-6-8-27(9-7-17)20-18(21-24-14(3)26-28-21)10-15-4-5-16(22)11-19(15)25-20;1-15-9-10-19(17(13-15)21(24)26-3)23-12-11-18(20(14-23)25-2)22-16-7-5-4-6-8-16;1-2-26-19(25)15-10-13(20)11-21-18(15)23-9-8-16(17(24)12-23)22-14-6-4-3-5-7-14/h8-9,12-13,18,20,22,27H,3-7,10-11,14H2,1-2H3;5-6,9-10,13,18,20,24H,7-8,11-12H2,1-4H3;4-5,10-11,13,17,23H,6-9,12H2,1-3H3;9-10,13,16,18,20,22H,4-8,11-12,14H2,1-3H3;10-11,14,16-17,22,24H,2-9,12H2,1H3/t20-,22+;18-,20+;;;16-,17-/m11..0/s1. The summed E-state index contributed by atoms with van der Waals surface area (Å²) >= 11 is 15.8. The van der Waals surface area contributed by atoms with E-state index in [9.17, 15) is 19.1 Å². The highest BCUT2D eigenvalue weighted by Crippen LogP contribution is 2.41. The number of rotatable bonds is 26. The van der Waals surface area contributed by atoms with Crippen LogP contribution in [0.3, 0.4) is 0 Å². The molecule has 8 atom stereocenters. The Hall–Kier alpha value is -9.75. The van der Waals surface area contributed by atoms with Gasteiger partial charge in [0.25, 0.3) is 17.7 Å². The summed E-state index contributed by atoms with van der Waals surface area (Å²) in [5, 5.41) is 45.4. The van der Waals surface area contributed by atoms with Gasteiger partial charge in [-0.25, -0.2) is 33.9 Å². The number of β-amino-alcohol motifs (C(OH)–C–C–N with tert-alkyl or cyclic N) is 1. The number of carbonyl (C=O) groups is 2. The molecule has 6 N–H and O–H groups in total. The molecule has 12 heterocycles. The van der Waals surface area contributed by atoms with Crippen molar-refractivity contribution in [3.05, 3.63) is 158 Å². The Labute approximate surface area is 852 Å². The fourth-order valence-corrected chi connectivity index (χ4v) is 21.5. The molecule has 142 heavy (non-hydrogen) atoms. The number of carbonyl (C=O) groups excluding carboxylic acids is 2. The second-order valence-corrected chi connectivity index (χ2v) is 41.7. The predicted molar refractivity (Wildman–Crippen MR) is 562 cm³/mol. The molecule has 8 fully saturated rings. The van der Waals surface area contributed by atoms with Crippen molar-refractivity contribution < 1.29 is 56.3 Å². The van der Waals surface area contributed by atoms with Crippen LogP contribution in [0, 0.1) is 45.3 Å². The van der Waals surface area contributed by atoms with Crippen LogP contribution >= 0.6 is 39.1 Å². The number of halogens is 4. The normalized spacial score (nSPS) is 21.3. The zero-order valence-corrected chi connectivity index (χ0v) is 87.8. The number of esters is 2. The molecule has 766 valence electrons.